The van der Waals surface area contributed by atoms with Crippen molar-refractivity contribution in [1.29, 1.82) is 0 Å². The van der Waals surface area contributed by atoms with Crippen LogP contribution in [0, 0.1) is 6.07 Å². The Morgan fingerprint density at radius 2 is 0.953 bits per heavy atom. The predicted octanol–water partition coefficient (Wildman–Crippen LogP) is 8.68. The van der Waals surface area contributed by atoms with E-state index in [0.29, 0.717) is 0 Å². The second kappa shape index (κ2) is 22.3. The second-order valence-electron chi connectivity index (χ2n) is 21.2. The molecule has 0 spiro atoms. The van der Waals surface area contributed by atoms with Crippen LogP contribution in [-0.4, -0.2) is 19.4 Å². The smallest absolute Gasteiger partial charge is 0.172 e. The molecule has 7 aromatic rings. The maximum absolute atomic E-state index is 4.06. The van der Waals surface area contributed by atoms with Crippen molar-refractivity contribution in [3.8, 4) is 33.4 Å². The maximum atomic E-state index is 4.06. The molecule has 0 N–H and O–H groups in total. The van der Waals surface area contributed by atoms with Gasteiger partial charge >= 0.3 is 112 Å². The van der Waals surface area contributed by atoms with Gasteiger partial charge < -0.3 is 24.8 Å². The maximum Gasteiger partial charge on any atom is -0.172 e. The summed E-state index contributed by atoms with van der Waals surface area (Å²) in [4.78, 5) is 0. The number of benzene rings is 6. The van der Waals surface area contributed by atoms with Crippen LogP contribution in [0.15, 0.2) is 158 Å². The predicted molar refractivity (Wildman–Crippen MR) is 275 cm³/mol. The minimum Gasteiger partial charge on any atom is -0.214 e. The Kier molecular flexibility index (Phi) is 18.5. The van der Waals surface area contributed by atoms with Crippen molar-refractivity contribution in [2.45, 2.75) is 111 Å². The molecule has 0 atom stereocenters. The average Bonchev–Trinajstić information content (AvgIpc) is 3.92. The third-order valence-electron chi connectivity index (χ3n) is 11.8. The molecule has 64 heavy (non-hydrogen) atoms. The minimum atomic E-state index is -1.54. The zero-order valence-corrected chi connectivity index (χ0v) is 46.4. The molecular weight excluding hydrogens is 927 g/mol. The Morgan fingerprint density at radius 1 is 0.516 bits per heavy atom. The van der Waals surface area contributed by atoms with Gasteiger partial charge in [-0.25, -0.2) is 12.1 Å². The van der Waals surface area contributed by atoms with Crippen LogP contribution in [0.2, 0.25) is 39.3 Å². The van der Waals surface area contributed by atoms with Gasteiger partial charge in [0, 0.05) is 0 Å². The van der Waals surface area contributed by atoms with Crippen LogP contribution in [0.25, 0.3) is 33.4 Å². The van der Waals surface area contributed by atoms with E-state index in [1.165, 1.54) is 71.9 Å². The molecule has 332 valence electrons. The first-order valence-electron chi connectivity index (χ1n) is 22.5. The van der Waals surface area contributed by atoms with E-state index < -0.39 is 16.1 Å². The van der Waals surface area contributed by atoms with Gasteiger partial charge in [-0.2, -0.15) is 18.2 Å². The normalized spacial score (nSPS) is 12.0. The summed E-state index contributed by atoms with van der Waals surface area (Å²) in [5.41, 5.74) is 16.9. The number of hydrogen-bond acceptors (Lipinski definition) is 0. The standard InChI is InChI=1S/C39H49Si2.C15H14.C5H5.2ClH.Zr/c1-38(2,3)34-24-30-26(22-32(34)28-17-13-15-19-36(28)40(7,8)9)21-27-23-33(35(25-31(27)30)39(4,5)6)29-18-14-16-20-37(29)41(10,11)12;1-3-8-14(9-4-1)12-7-13-15-10-5-2-6-11-15;1-2-4-5-3-1;;;/h13-20,22,24-25H,21H2,1-12H3;1-6,8-11H,12-13H2;1-5H;2*1H;/q-1;;-1;;;+2/p-2. The van der Waals surface area contributed by atoms with Gasteiger partial charge in [-0.3, -0.25) is 0 Å². The number of halogens is 2. The largest absolute Gasteiger partial charge is 0.214 e. The van der Waals surface area contributed by atoms with Crippen LogP contribution < -0.4 is 35.2 Å². The quantitative estimate of drug-likeness (QED) is 0.106. The molecule has 1 aliphatic carbocycles. The van der Waals surface area contributed by atoms with E-state index in [9.17, 15) is 0 Å². The Labute approximate surface area is 416 Å². The summed E-state index contributed by atoms with van der Waals surface area (Å²) in [7, 11) is -3.07. The topological polar surface area (TPSA) is 0 Å². The monoisotopic (exact) mass is 992 g/mol. The van der Waals surface area contributed by atoms with E-state index in [1.54, 1.807) is 32.6 Å². The van der Waals surface area contributed by atoms with Crippen molar-refractivity contribution in [3.05, 3.63) is 197 Å². The van der Waals surface area contributed by atoms with E-state index in [0.717, 1.165) is 19.3 Å². The Hall–Kier alpha value is -3.56. The SMILES string of the molecule is CC(C)(C)c1cc2c([c-]c1-c1ccccc1[Si](C)(C)C)Cc1cc(-c3ccccc3[Si](C)(C)C)c(C(C)(C)C)cc1-2.[Cl-].[Cl-].[Zr+2]=[C](Cc1ccccc1)Cc1ccccc1.c1cc[cH-]c1. The Balaban J connectivity index is 0.000000321. The van der Waals surface area contributed by atoms with E-state index >= 15 is 0 Å². The van der Waals surface area contributed by atoms with Crippen LogP contribution >= 0.6 is 0 Å². The van der Waals surface area contributed by atoms with E-state index in [-0.39, 0.29) is 35.6 Å². The zero-order valence-electron chi connectivity index (χ0n) is 40.4. The molecule has 1 aliphatic rings. The van der Waals surface area contributed by atoms with Crippen molar-refractivity contribution >= 4 is 29.7 Å². The van der Waals surface area contributed by atoms with Gasteiger partial charge in [0.1, 0.15) is 0 Å². The van der Waals surface area contributed by atoms with Gasteiger partial charge in [0.15, 0.2) is 0 Å². The van der Waals surface area contributed by atoms with Crippen molar-refractivity contribution in [2.75, 3.05) is 0 Å². The van der Waals surface area contributed by atoms with Gasteiger partial charge in [-0.05, 0) is 39.5 Å². The molecule has 7 aromatic carbocycles. The van der Waals surface area contributed by atoms with Crippen molar-refractivity contribution in [1.82, 2.24) is 0 Å². The average molecular weight is 995 g/mol. The Morgan fingerprint density at radius 3 is 1.41 bits per heavy atom. The molecule has 8 rings (SSSR count). The van der Waals surface area contributed by atoms with Gasteiger partial charge in [-0.15, -0.1) is 28.8 Å². The third-order valence-corrected chi connectivity index (χ3v) is 16.8. The Bertz CT molecular complexity index is 2400. The van der Waals surface area contributed by atoms with Gasteiger partial charge in [0.25, 0.3) is 0 Å². The fraction of sp³-hybridized carbons (Fsp3) is 0.288. The van der Waals surface area contributed by atoms with Crippen LogP contribution in [0.1, 0.15) is 74.9 Å². The molecule has 0 aliphatic heterocycles. The fourth-order valence-electron chi connectivity index (χ4n) is 8.64. The van der Waals surface area contributed by atoms with Crippen molar-refractivity contribution < 1.29 is 49.0 Å². The summed E-state index contributed by atoms with van der Waals surface area (Å²) in [5, 5.41) is 3.07. The molecule has 0 unspecified atom stereocenters. The molecule has 5 heteroatoms. The second-order valence-corrected chi connectivity index (χ2v) is 33.0. The first-order valence-corrected chi connectivity index (χ1v) is 30.7. The number of fused-ring (bicyclic) bond motifs is 3. The molecular formula is C59H68Cl2Si2Zr-2. The summed E-state index contributed by atoms with van der Waals surface area (Å²) in [6, 6.07) is 61.4. The van der Waals surface area contributed by atoms with Gasteiger partial charge in [-0.1, -0.05) is 169 Å². The van der Waals surface area contributed by atoms with Crippen molar-refractivity contribution in [3.63, 3.8) is 0 Å². The van der Waals surface area contributed by atoms with Gasteiger partial charge in [0.05, 0.1) is 16.1 Å². The number of hydrogen-bond donors (Lipinski definition) is 0. The molecule has 0 fully saturated rings. The van der Waals surface area contributed by atoms with Crippen LogP contribution in [0.4, 0.5) is 0 Å². The molecule has 0 bridgehead atoms. The molecule has 0 saturated carbocycles. The summed E-state index contributed by atoms with van der Waals surface area (Å²) in [6.45, 7) is 29.0. The van der Waals surface area contributed by atoms with Crippen LogP contribution in [0.5, 0.6) is 0 Å². The van der Waals surface area contributed by atoms with Crippen molar-refractivity contribution in [2.24, 2.45) is 0 Å². The van der Waals surface area contributed by atoms with Gasteiger partial charge in [0.2, 0.25) is 0 Å². The summed E-state index contributed by atoms with van der Waals surface area (Å²) >= 11 is 1.55. The third kappa shape index (κ3) is 13.5. The minimum absolute atomic E-state index is 0. The van der Waals surface area contributed by atoms with E-state index in [2.05, 4.69) is 214 Å². The van der Waals surface area contributed by atoms with Crippen LogP contribution in [0.3, 0.4) is 0 Å². The molecule has 0 radical (unpaired) electrons. The van der Waals surface area contributed by atoms with Crippen LogP contribution in [-0.2, 0) is 54.3 Å². The summed E-state index contributed by atoms with van der Waals surface area (Å²) in [6.07, 6.45) is 3.19. The van der Waals surface area contributed by atoms with E-state index in [4.69, 9.17) is 0 Å². The first kappa shape index (κ1) is 53.1. The molecule has 0 amide bonds. The summed E-state index contributed by atoms with van der Waals surface area (Å²) < 4.78 is 1.60. The first-order chi connectivity index (χ1) is 29.2. The number of rotatable bonds is 8. The fourth-order valence-corrected chi connectivity index (χ4v) is 12.9. The zero-order chi connectivity index (χ0) is 44.9. The summed E-state index contributed by atoms with van der Waals surface area (Å²) in [5.74, 6) is 0. The van der Waals surface area contributed by atoms with E-state index in [1.807, 2.05) is 30.3 Å². The molecule has 0 aromatic heterocycles. The molecule has 0 heterocycles. The molecule has 0 saturated heterocycles. The molecule has 0 nitrogen and oxygen atoms in total.